The molecule has 2 aliphatic heterocycles. The number of phenols is 2. The van der Waals surface area contributed by atoms with E-state index in [2.05, 4.69) is 20.9 Å². The van der Waals surface area contributed by atoms with E-state index >= 15 is 0 Å². The first-order valence-electron chi connectivity index (χ1n) is 17.8. The number of hydrogen-bond acceptors (Lipinski definition) is 12. The normalized spacial score (nSPS) is 15.3. The first-order valence-corrected chi connectivity index (χ1v) is 17.8. The van der Waals surface area contributed by atoms with E-state index in [-0.39, 0.29) is 71.1 Å². The maximum Gasteiger partial charge on any atom is 0.264 e. The summed E-state index contributed by atoms with van der Waals surface area (Å²) in [5.41, 5.74) is 0.837. The number of unbranched alkanes of at least 4 members (excludes halogenated alkanes) is 4. The zero-order chi connectivity index (χ0) is 38.6. The van der Waals surface area contributed by atoms with Crippen LogP contribution in [0.25, 0.3) is 22.3 Å². The molecule has 16 nitrogen and oxygen atoms in total. The number of aryl methyl sites for hydroxylation is 1. The van der Waals surface area contributed by atoms with Crippen molar-refractivity contribution in [1.82, 2.24) is 25.2 Å². The van der Waals surface area contributed by atoms with Gasteiger partial charge in [0.15, 0.2) is 16.8 Å². The number of hydrogen-bond donors (Lipinski definition) is 4. The molecule has 0 saturated carbocycles. The van der Waals surface area contributed by atoms with Gasteiger partial charge in [-0.3, -0.25) is 43.7 Å². The van der Waals surface area contributed by atoms with Crippen LogP contribution in [0.15, 0.2) is 76.1 Å². The third-order valence-corrected chi connectivity index (χ3v) is 9.46. The predicted molar refractivity (Wildman–Crippen MR) is 195 cm³/mol. The van der Waals surface area contributed by atoms with Crippen molar-refractivity contribution in [2.45, 2.75) is 70.6 Å². The topological polar surface area (TPSA) is 223 Å². The van der Waals surface area contributed by atoms with Gasteiger partial charge < -0.3 is 24.7 Å². The fourth-order valence-corrected chi connectivity index (χ4v) is 6.75. The van der Waals surface area contributed by atoms with Crippen LogP contribution in [0.2, 0.25) is 0 Å². The minimum Gasteiger partial charge on any atom is -0.507 e. The number of nitrogens with one attached hydrogen (secondary N) is 2. The number of imide groups is 2. The minimum absolute atomic E-state index is 0.0126. The third kappa shape index (κ3) is 7.65. The number of nitrogens with zero attached hydrogens (tertiary/aromatic N) is 4. The van der Waals surface area contributed by atoms with E-state index in [0.717, 1.165) is 36.6 Å². The molecule has 55 heavy (non-hydrogen) atoms. The Balaban J connectivity index is 0.858. The molecule has 282 valence electrons. The fraction of sp³-hybridized carbons (Fsp3) is 0.282. The molecule has 4 N–H and O–H groups in total. The lowest BCUT2D eigenvalue weighted by Crippen LogP contribution is -2.54. The Morgan fingerprint density at radius 1 is 0.927 bits per heavy atom. The monoisotopic (exact) mass is 748 g/mol. The highest BCUT2D eigenvalue weighted by Crippen LogP contribution is 2.41. The lowest BCUT2D eigenvalue weighted by Gasteiger charge is -2.27. The molecule has 0 aliphatic carbocycles. The van der Waals surface area contributed by atoms with Gasteiger partial charge in [-0.25, -0.2) is 0 Å². The third-order valence-electron chi connectivity index (χ3n) is 9.46. The van der Waals surface area contributed by atoms with Crippen LogP contribution < -0.4 is 20.8 Å². The molecular formula is C39H36N6O10. The number of carbonyl (C=O) groups excluding carboxylic acids is 5. The molecule has 0 radical (unpaired) electrons. The Morgan fingerprint density at radius 2 is 1.71 bits per heavy atom. The number of fused-ring (bicyclic) bond motifs is 2. The van der Waals surface area contributed by atoms with Gasteiger partial charge in [-0.05, 0) is 31.4 Å². The molecule has 3 aromatic carbocycles. The number of amides is 5. The summed E-state index contributed by atoms with van der Waals surface area (Å²) in [6, 6.07) is 14.7. The Morgan fingerprint density at radius 3 is 2.51 bits per heavy atom. The second kappa shape index (κ2) is 15.6. The standard InChI is InChI=1S/C39H36N6O10/c46-27-18-29(48)35(36-34(27)28(47)19-30(55-36)22-10-5-4-6-11-22)54-21-23-20-44(43-42-23)17-8-3-1-2-7-14-31(49)40-25-13-9-12-24-33(25)39(53)45(38(24)52)26-15-16-32(50)41-37(26)51/h4-6,9-13,18-20,26,46,48H,1-3,7-8,14-17,21H2,(H,40,49)(H,41,50,51). The summed E-state index contributed by atoms with van der Waals surface area (Å²) in [6.07, 6.45) is 5.87. The summed E-state index contributed by atoms with van der Waals surface area (Å²) < 4.78 is 13.5. The van der Waals surface area contributed by atoms with E-state index in [1.54, 1.807) is 41.2 Å². The summed E-state index contributed by atoms with van der Waals surface area (Å²) in [6.45, 7) is 0.487. The number of carbonyl (C=O) groups is 5. The maximum absolute atomic E-state index is 13.3. The van der Waals surface area contributed by atoms with Crippen LogP contribution >= 0.6 is 0 Å². The van der Waals surface area contributed by atoms with Crippen LogP contribution in [0.5, 0.6) is 17.2 Å². The van der Waals surface area contributed by atoms with Crippen molar-refractivity contribution in [2.75, 3.05) is 5.32 Å². The molecule has 0 bridgehead atoms. The Bertz CT molecular complexity index is 2390. The summed E-state index contributed by atoms with van der Waals surface area (Å²) in [5, 5.41) is 34.0. The predicted octanol–water partition coefficient (Wildman–Crippen LogP) is 4.42. The summed E-state index contributed by atoms with van der Waals surface area (Å²) in [5.74, 6) is -3.50. The minimum atomic E-state index is -1.09. The highest BCUT2D eigenvalue weighted by Gasteiger charge is 2.45. The lowest BCUT2D eigenvalue weighted by molar-refractivity contribution is -0.136. The van der Waals surface area contributed by atoms with Crippen LogP contribution in [0, 0.1) is 0 Å². The fourth-order valence-electron chi connectivity index (χ4n) is 6.75. The second-order valence-corrected chi connectivity index (χ2v) is 13.3. The van der Waals surface area contributed by atoms with Crippen molar-refractivity contribution in [3.05, 3.63) is 93.9 Å². The van der Waals surface area contributed by atoms with Crippen LogP contribution in [-0.2, 0) is 27.5 Å². The quantitative estimate of drug-likeness (QED) is 0.0915. The van der Waals surface area contributed by atoms with E-state index in [1.807, 2.05) is 6.07 Å². The Kier molecular flexibility index (Phi) is 10.4. The first-order chi connectivity index (χ1) is 26.6. The number of piperidine rings is 1. The van der Waals surface area contributed by atoms with Crippen molar-refractivity contribution in [3.8, 4) is 28.6 Å². The largest absolute Gasteiger partial charge is 0.507 e. The van der Waals surface area contributed by atoms with E-state index in [4.69, 9.17) is 9.15 Å². The van der Waals surface area contributed by atoms with Crippen LogP contribution in [-0.4, -0.2) is 65.7 Å². The van der Waals surface area contributed by atoms with Crippen LogP contribution in [0.3, 0.4) is 0 Å². The zero-order valence-electron chi connectivity index (χ0n) is 29.4. The molecule has 0 spiro atoms. The van der Waals surface area contributed by atoms with Gasteiger partial charge in [0.1, 0.15) is 35.2 Å². The average Bonchev–Trinajstić information content (AvgIpc) is 3.72. The van der Waals surface area contributed by atoms with Gasteiger partial charge in [0.05, 0.1) is 23.0 Å². The molecule has 1 atom stereocenters. The van der Waals surface area contributed by atoms with Gasteiger partial charge in [0.2, 0.25) is 23.5 Å². The van der Waals surface area contributed by atoms with Crippen LogP contribution in [0.1, 0.15) is 77.8 Å². The molecule has 2 aromatic heterocycles. The van der Waals surface area contributed by atoms with Crippen molar-refractivity contribution in [1.29, 1.82) is 0 Å². The molecular weight excluding hydrogens is 712 g/mol. The number of phenolic OH excluding ortho intramolecular Hbond substituents is 2. The van der Waals surface area contributed by atoms with E-state index in [9.17, 15) is 39.0 Å². The molecule has 5 amide bonds. The molecule has 5 aromatic rings. The summed E-state index contributed by atoms with van der Waals surface area (Å²) in [4.78, 5) is 76.8. The number of aromatic nitrogens is 3. The molecule has 7 rings (SSSR count). The zero-order valence-corrected chi connectivity index (χ0v) is 29.4. The molecule has 1 unspecified atom stereocenters. The van der Waals surface area contributed by atoms with Crippen molar-refractivity contribution < 1.29 is 43.3 Å². The average molecular weight is 749 g/mol. The highest BCUT2D eigenvalue weighted by atomic mass is 16.5. The highest BCUT2D eigenvalue weighted by molar-refractivity contribution is 6.26. The number of benzene rings is 3. The van der Waals surface area contributed by atoms with Crippen molar-refractivity contribution in [2.24, 2.45) is 0 Å². The summed E-state index contributed by atoms with van der Waals surface area (Å²) >= 11 is 0. The smallest absolute Gasteiger partial charge is 0.264 e. The number of aromatic hydroxyl groups is 2. The number of anilines is 1. The summed E-state index contributed by atoms with van der Waals surface area (Å²) in [7, 11) is 0. The van der Waals surface area contributed by atoms with Crippen molar-refractivity contribution >= 4 is 46.2 Å². The lowest BCUT2D eigenvalue weighted by atomic mass is 10.0. The SMILES string of the molecule is O=C1CCC(N2C(=O)c3cccc(NC(=O)CCCCCCCn4cc(COc5c(O)cc(O)c6c(=O)cc(-c7ccccc7)oc56)nn4)c3C2=O)C(=O)N1. The maximum atomic E-state index is 13.3. The van der Waals surface area contributed by atoms with Gasteiger partial charge >= 0.3 is 0 Å². The molecule has 2 aliphatic rings. The molecule has 1 saturated heterocycles. The van der Waals surface area contributed by atoms with E-state index < -0.39 is 46.6 Å². The number of rotatable bonds is 14. The van der Waals surface area contributed by atoms with Gasteiger partial charge in [0.25, 0.3) is 11.8 Å². The Labute approximate surface area is 312 Å². The van der Waals surface area contributed by atoms with Gasteiger partial charge in [0, 0.05) is 37.1 Å². The molecule has 4 heterocycles. The molecule has 1 fully saturated rings. The second-order valence-electron chi connectivity index (χ2n) is 13.3. The van der Waals surface area contributed by atoms with E-state index in [1.165, 1.54) is 18.2 Å². The van der Waals surface area contributed by atoms with Gasteiger partial charge in [-0.15, -0.1) is 5.10 Å². The molecule has 16 heteroatoms. The van der Waals surface area contributed by atoms with Gasteiger partial charge in [-0.1, -0.05) is 60.9 Å². The van der Waals surface area contributed by atoms with Crippen molar-refractivity contribution in [3.63, 3.8) is 0 Å². The van der Waals surface area contributed by atoms with E-state index in [0.29, 0.717) is 24.2 Å². The van der Waals surface area contributed by atoms with Crippen LogP contribution in [0.4, 0.5) is 5.69 Å². The number of ether oxygens (including phenoxy) is 1. The van der Waals surface area contributed by atoms with Gasteiger partial charge in [-0.2, -0.15) is 0 Å². The first kappa shape index (κ1) is 36.5. The Hall–Kier alpha value is -6.84.